The molecule has 1 aliphatic rings. The lowest BCUT2D eigenvalue weighted by Crippen LogP contribution is -2.45. The standard InChI is InChI=1S/C13H20N2.ClH/c1-11-9-15(8-7-13(11)14)10-12-5-3-2-4-6-12;/h2-6,11,13H,7-10,14H2,1H3;1H. The van der Waals surface area contributed by atoms with Crippen LogP contribution in [0.25, 0.3) is 0 Å². The van der Waals surface area contributed by atoms with E-state index in [0.717, 1.165) is 26.1 Å². The molecule has 0 bridgehead atoms. The molecular formula is C13H21ClN2. The van der Waals surface area contributed by atoms with Crippen LogP contribution in [-0.2, 0) is 6.54 Å². The number of nitrogens with two attached hydrogens (primary N) is 1. The summed E-state index contributed by atoms with van der Waals surface area (Å²) in [5.74, 6) is 0.627. The van der Waals surface area contributed by atoms with Crippen molar-refractivity contribution >= 4 is 12.4 Å². The van der Waals surface area contributed by atoms with Crippen LogP contribution in [0.5, 0.6) is 0 Å². The molecule has 2 unspecified atom stereocenters. The number of likely N-dealkylation sites (tertiary alicyclic amines) is 1. The second-order valence-electron chi connectivity index (χ2n) is 4.65. The van der Waals surface area contributed by atoms with Gasteiger partial charge in [-0.2, -0.15) is 0 Å². The molecule has 16 heavy (non-hydrogen) atoms. The van der Waals surface area contributed by atoms with Crippen LogP contribution in [0.4, 0.5) is 0 Å². The minimum Gasteiger partial charge on any atom is -0.327 e. The molecule has 0 aliphatic carbocycles. The first-order valence-corrected chi connectivity index (χ1v) is 5.77. The fourth-order valence-corrected chi connectivity index (χ4v) is 2.24. The Balaban J connectivity index is 0.00000128. The number of nitrogens with zero attached hydrogens (tertiary/aromatic N) is 1. The van der Waals surface area contributed by atoms with Crippen LogP contribution in [0.3, 0.4) is 0 Å². The lowest BCUT2D eigenvalue weighted by atomic mass is 9.94. The highest BCUT2D eigenvalue weighted by Crippen LogP contribution is 2.16. The Morgan fingerprint density at radius 2 is 2.00 bits per heavy atom. The van der Waals surface area contributed by atoms with Crippen LogP contribution in [-0.4, -0.2) is 24.0 Å². The van der Waals surface area contributed by atoms with Gasteiger partial charge >= 0.3 is 0 Å². The van der Waals surface area contributed by atoms with Gasteiger partial charge in [-0.3, -0.25) is 4.90 Å². The zero-order valence-corrected chi connectivity index (χ0v) is 10.6. The number of rotatable bonds is 2. The van der Waals surface area contributed by atoms with Gasteiger partial charge < -0.3 is 5.73 Å². The lowest BCUT2D eigenvalue weighted by Gasteiger charge is -2.35. The molecule has 3 heteroatoms. The lowest BCUT2D eigenvalue weighted by molar-refractivity contribution is 0.158. The highest BCUT2D eigenvalue weighted by atomic mass is 35.5. The van der Waals surface area contributed by atoms with Crippen molar-refractivity contribution in [2.24, 2.45) is 11.7 Å². The summed E-state index contributed by atoms with van der Waals surface area (Å²) in [5.41, 5.74) is 7.41. The smallest absolute Gasteiger partial charge is 0.0233 e. The summed E-state index contributed by atoms with van der Waals surface area (Å²) in [5, 5.41) is 0. The van der Waals surface area contributed by atoms with Gasteiger partial charge in [0.05, 0.1) is 0 Å². The molecule has 1 saturated heterocycles. The van der Waals surface area contributed by atoms with Gasteiger partial charge in [0.25, 0.3) is 0 Å². The van der Waals surface area contributed by atoms with Gasteiger partial charge in [-0.05, 0) is 24.4 Å². The Kier molecular flexibility index (Phi) is 5.26. The molecule has 1 fully saturated rings. The van der Waals surface area contributed by atoms with E-state index in [-0.39, 0.29) is 12.4 Å². The van der Waals surface area contributed by atoms with E-state index in [1.165, 1.54) is 5.56 Å². The maximum absolute atomic E-state index is 6.01. The second-order valence-corrected chi connectivity index (χ2v) is 4.65. The minimum atomic E-state index is 0. The van der Waals surface area contributed by atoms with Gasteiger partial charge in [0.2, 0.25) is 0 Å². The zero-order valence-electron chi connectivity index (χ0n) is 9.80. The average molecular weight is 241 g/mol. The summed E-state index contributed by atoms with van der Waals surface area (Å²) in [6.45, 7) is 5.59. The molecule has 2 nitrogen and oxygen atoms in total. The number of benzene rings is 1. The Labute approximate surface area is 104 Å². The van der Waals surface area contributed by atoms with E-state index in [1.807, 2.05) is 0 Å². The Morgan fingerprint density at radius 3 is 2.62 bits per heavy atom. The van der Waals surface area contributed by atoms with Gasteiger partial charge in [-0.25, -0.2) is 0 Å². The first-order valence-electron chi connectivity index (χ1n) is 5.77. The van der Waals surface area contributed by atoms with E-state index >= 15 is 0 Å². The summed E-state index contributed by atoms with van der Waals surface area (Å²) < 4.78 is 0. The molecule has 0 saturated carbocycles. The van der Waals surface area contributed by atoms with Crippen molar-refractivity contribution in [3.05, 3.63) is 35.9 Å². The molecule has 0 amide bonds. The Morgan fingerprint density at radius 1 is 1.31 bits per heavy atom. The zero-order chi connectivity index (χ0) is 10.7. The molecule has 0 aromatic heterocycles. The van der Waals surface area contributed by atoms with Gasteiger partial charge in [-0.1, -0.05) is 37.3 Å². The van der Waals surface area contributed by atoms with E-state index in [1.54, 1.807) is 0 Å². The number of hydrogen-bond donors (Lipinski definition) is 1. The molecule has 90 valence electrons. The Hall–Kier alpha value is -0.570. The predicted octanol–water partition coefficient (Wildman–Crippen LogP) is 2.28. The quantitative estimate of drug-likeness (QED) is 0.860. The molecule has 1 aromatic carbocycles. The minimum absolute atomic E-state index is 0. The van der Waals surface area contributed by atoms with Crippen LogP contribution in [0, 0.1) is 5.92 Å². The highest BCUT2D eigenvalue weighted by molar-refractivity contribution is 5.85. The molecule has 2 atom stereocenters. The van der Waals surface area contributed by atoms with Gasteiger partial charge in [-0.15, -0.1) is 12.4 Å². The summed E-state index contributed by atoms with van der Waals surface area (Å²) >= 11 is 0. The third kappa shape index (κ3) is 3.48. The fourth-order valence-electron chi connectivity index (χ4n) is 2.24. The maximum Gasteiger partial charge on any atom is 0.0233 e. The third-order valence-corrected chi connectivity index (χ3v) is 3.30. The van der Waals surface area contributed by atoms with E-state index in [0.29, 0.717) is 12.0 Å². The number of hydrogen-bond acceptors (Lipinski definition) is 2. The summed E-state index contributed by atoms with van der Waals surface area (Å²) in [4.78, 5) is 2.50. The van der Waals surface area contributed by atoms with Crippen molar-refractivity contribution in [2.45, 2.75) is 25.9 Å². The van der Waals surface area contributed by atoms with Gasteiger partial charge in [0.15, 0.2) is 0 Å². The van der Waals surface area contributed by atoms with E-state index < -0.39 is 0 Å². The van der Waals surface area contributed by atoms with Crippen molar-refractivity contribution in [1.29, 1.82) is 0 Å². The molecular weight excluding hydrogens is 220 g/mol. The van der Waals surface area contributed by atoms with Crippen LogP contribution in [0.1, 0.15) is 18.9 Å². The summed E-state index contributed by atoms with van der Waals surface area (Å²) in [7, 11) is 0. The van der Waals surface area contributed by atoms with Crippen LogP contribution in [0.15, 0.2) is 30.3 Å². The van der Waals surface area contributed by atoms with Crippen LogP contribution in [0.2, 0.25) is 0 Å². The first kappa shape index (κ1) is 13.5. The topological polar surface area (TPSA) is 29.3 Å². The third-order valence-electron chi connectivity index (χ3n) is 3.30. The van der Waals surface area contributed by atoms with Crippen molar-refractivity contribution in [2.75, 3.05) is 13.1 Å². The summed E-state index contributed by atoms with van der Waals surface area (Å²) in [6, 6.07) is 11.1. The van der Waals surface area contributed by atoms with E-state index in [4.69, 9.17) is 5.73 Å². The first-order chi connectivity index (χ1) is 7.25. The van der Waals surface area contributed by atoms with E-state index in [9.17, 15) is 0 Å². The van der Waals surface area contributed by atoms with Crippen molar-refractivity contribution in [1.82, 2.24) is 4.90 Å². The largest absolute Gasteiger partial charge is 0.327 e. The number of piperidine rings is 1. The van der Waals surface area contributed by atoms with Crippen LogP contribution < -0.4 is 5.73 Å². The molecule has 2 rings (SSSR count). The number of halogens is 1. The fraction of sp³-hybridized carbons (Fsp3) is 0.538. The molecule has 1 heterocycles. The van der Waals surface area contributed by atoms with Gasteiger partial charge in [0, 0.05) is 19.1 Å². The highest BCUT2D eigenvalue weighted by Gasteiger charge is 2.22. The molecule has 2 N–H and O–H groups in total. The maximum atomic E-state index is 6.01. The molecule has 1 aliphatic heterocycles. The molecule has 0 radical (unpaired) electrons. The normalized spacial score (nSPS) is 26.1. The molecule has 0 spiro atoms. The SMILES string of the molecule is CC1CN(Cc2ccccc2)CCC1N.Cl. The molecule has 1 aromatic rings. The average Bonchev–Trinajstić information content (AvgIpc) is 2.25. The predicted molar refractivity (Wildman–Crippen MR) is 70.7 cm³/mol. The van der Waals surface area contributed by atoms with Crippen molar-refractivity contribution in [3.8, 4) is 0 Å². The summed E-state index contributed by atoms with van der Waals surface area (Å²) in [6.07, 6.45) is 1.13. The Bertz CT molecular complexity index is 302. The van der Waals surface area contributed by atoms with Crippen molar-refractivity contribution < 1.29 is 0 Å². The van der Waals surface area contributed by atoms with Crippen molar-refractivity contribution in [3.63, 3.8) is 0 Å². The van der Waals surface area contributed by atoms with Crippen LogP contribution >= 0.6 is 12.4 Å². The monoisotopic (exact) mass is 240 g/mol. The van der Waals surface area contributed by atoms with E-state index in [2.05, 4.69) is 42.2 Å². The second kappa shape index (κ2) is 6.24. The van der Waals surface area contributed by atoms with Gasteiger partial charge in [0.1, 0.15) is 0 Å².